The number of carbonyl (C=O) groups is 1. The molecule has 1 aromatic carbocycles. The van der Waals surface area contributed by atoms with E-state index >= 15 is 0 Å². The lowest BCUT2D eigenvalue weighted by Crippen LogP contribution is -2.31. The molecule has 158 valence electrons. The first-order valence-corrected chi connectivity index (χ1v) is 13.8. The van der Waals surface area contributed by atoms with Crippen molar-refractivity contribution in [3.05, 3.63) is 57.8 Å². The Morgan fingerprint density at radius 1 is 1.17 bits per heavy atom. The summed E-state index contributed by atoms with van der Waals surface area (Å²) in [6.07, 6.45) is 2.14. The van der Waals surface area contributed by atoms with E-state index in [1.807, 2.05) is 4.90 Å². The molecule has 0 saturated carbocycles. The predicted octanol–water partition coefficient (Wildman–Crippen LogP) is 6.47. The summed E-state index contributed by atoms with van der Waals surface area (Å²) in [6, 6.07) is 13.2. The maximum atomic E-state index is 12.8. The molecule has 1 saturated heterocycles. The van der Waals surface area contributed by atoms with E-state index in [0.717, 1.165) is 33.8 Å². The molecule has 1 atom stereocenters. The summed E-state index contributed by atoms with van der Waals surface area (Å²) >= 11 is 6.53. The number of benzene rings is 1. The van der Waals surface area contributed by atoms with E-state index in [4.69, 9.17) is 0 Å². The molecule has 3 heterocycles. The Morgan fingerprint density at radius 3 is 2.63 bits per heavy atom. The molecule has 0 bridgehead atoms. The van der Waals surface area contributed by atoms with Crippen LogP contribution < -0.4 is 0 Å². The third-order valence-electron chi connectivity index (χ3n) is 5.16. The van der Waals surface area contributed by atoms with Gasteiger partial charge in [-0.1, -0.05) is 79.0 Å². The second-order valence-corrected chi connectivity index (χ2v) is 12.0. The molecule has 0 N–H and O–H groups in total. The highest BCUT2D eigenvalue weighted by Crippen LogP contribution is 2.36. The number of amides is 1. The number of likely N-dealkylation sites (tertiary alicyclic amines) is 1. The molecule has 1 fully saturated rings. The summed E-state index contributed by atoms with van der Waals surface area (Å²) in [5, 5.41) is 10.7. The molecule has 3 aromatic rings. The molecular weight excluding hydrogens is 451 g/mol. The van der Waals surface area contributed by atoms with Gasteiger partial charge in [-0.15, -0.1) is 21.5 Å². The van der Waals surface area contributed by atoms with Crippen LogP contribution in [0.25, 0.3) is 0 Å². The minimum absolute atomic E-state index is 0.200. The van der Waals surface area contributed by atoms with E-state index in [0.29, 0.717) is 11.7 Å². The van der Waals surface area contributed by atoms with Crippen molar-refractivity contribution in [3.8, 4) is 0 Å². The van der Waals surface area contributed by atoms with Gasteiger partial charge in [0.1, 0.15) is 0 Å². The van der Waals surface area contributed by atoms with Crippen molar-refractivity contribution >= 4 is 52.1 Å². The van der Waals surface area contributed by atoms with Crippen molar-refractivity contribution < 1.29 is 4.79 Å². The Kier molecular flexibility index (Phi) is 7.51. The number of nitrogens with zero attached hydrogens (tertiary/aromatic N) is 3. The molecule has 8 heteroatoms. The molecule has 0 aliphatic carbocycles. The highest BCUT2D eigenvalue weighted by Gasteiger charge is 2.30. The zero-order chi connectivity index (χ0) is 20.9. The molecule has 0 spiro atoms. The standard InChI is InChI=1S/C22H25N3OS4/c1-15(2)17-9-7-16(8-10-17)13-28-21-23-24-22(30-21)29-14-20(26)25-11-3-5-18(25)19-6-4-12-27-19/h4,6-10,12,15,18H,3,5,11,13-14H2,1-2H3. The molecule has 1 amide bonds. The first-order valence-electron chi connectivity index (χ1n) is 10.1. The van der Waals surface area contributed by atoms with Gasteiger partial charge >= 0.3 is 0 Å². The van der Waals surface area contributed by atoms with Crippen LogP contribution in [0.1, 0.15) is 54.7 Å². The average molecular weight is 476 g/mol. The van der Waals surface area contributed by atoms with Gasteiger partial charge in [-0.25, -0.2) is 0 Å². The van der Waals surface area contributed by atoms with Gasteiger partial charge in [-0.05, 0) is 41.3 Å². The second-order valence-electron chi connectivity index (χ2n) is 7.57. The first kappa shape index (κ1) is 21.9. The third kappa shape index (κ3) is 5.46. The van der Waals surface area contributed by atoms with E-state index in [1.54, 1.807) is 34.4 Å². The van der Waals surface area contributed by atoms with Crippen LogP contribution in [0.3, 0.4) is 0 Å². The van der Waals surface area contributed by atoms with Crippen LogP contribution in [-0.4, -0.2) is 33.3 Å². The normalized spacial score (nSPS) is 16.5. The van der Waals surface area contributed by atoms with Gasteiger partial charge in [0.15, 0.2) is 8.68 Å². The molecule has 4 nitrogen and oxygen atoms in total. The van der Waals surface area contributed by atoms with Crippen molar-refractivity contribution in [2.75, 3.05) is 12.3 Å². The van der Waals surface area contributed by atoms with E-state index in [2.05, 4.69) is 65.8 Å². The number of rotatable bonds is 8. The van der Waals surface area contributed by atoms with E-state index in [9.17, 15) is 4.79 Å². The third-order valence-corrected chi connectivity index (χ3v) is 9.38. The summed E-state index contributed by atoms with van der Waals surface area (Å²) in [5.41, 5.74) is 2.65. The van der Waals surface area contributed by atoms with Crippen LogP contribution in [0.5, 0.6) is 0 Å². The molecule has 1 unspecified atom stereocenters. The summed E-state index contributed by atoms with van der Waals surface area (Å²) in [4.78, 5) is 16.1. The number of carbonyl (C=O) groups excluding carboxylic acids is 1. The van der Waals surface area contributed by atoms with Crippen LogP contribution in [0.4, 0.5) is 0 Å². The van der Waals surface area contributed by atoms with Gasteiger partial charge in [0.25, 0.3) is 0 Å². The Morgan fingerprint density at radius 2 is 1.93 bits per heavy atom. The molecular formula is C22H25N3OS4. The quantitative estimate of drug-likeness (QED) is 0.349. The Balaban J connectivity index is 1.26. The van der Waals surface area contributed by atoms with Crippen molar-refractivity contribution in [1.82, 2.24) is 15.1 Å². The Hall–Kier alpha value is -1.35. The largest absolute Gasteiger partial charge is 0.334 e. The minimum atomic E-state index is 0.200. The predicted molar refractivity (Wildman–Crippen MR) is 129 cm³/mol. The van der Waals surface area contributed by atoms with Crippen LogP contribution >= 0.6 is 46.2 Å². The summed E-state index contributed by atoms with van der Waals surface area (Å²) in [6.45, 7) is 5.27. The number of thioether (sulfide) groups is 2. The monoisotopic (exact) mass is 475 g/mol. The zero-order valence-electron chi connectivity index (χ0n) is 17.1. The maximum absolute atomic E-state index is 12.8. The fraction of sp³-hybridized carbons (Fsp3) is 0.409. The molecule has 4 rings (SSSR count). The second kappa shape index (κ2) is 10.3. The summed E-state index contributed by atoms with van der Waals surface area (Å²) in [7, 11) is 0. The van der Waals surface area contributed by atoms with Crippen molar-refractivity contribution in [3.63, 3.8) is 0 Å². The number of aromatic nitrogens is 2. The lowest BCUT2D eigenvalue weighted by Gasteiger charge is -2.23. The van der Waals surface area contributed by atoms with E-state index in [1.165, 1.54) is 27.8 Å². The van der Waals surface area contributed by atoms with Crippen LogP contribution in [0.2, 0.25) is 0 Å². The van der Waals surface area contributed by atoms with Gasteiger partial charge in [0.05, 0.1) is 11.8 Å². The topological polar surface area (TPSA) is 46.1 Å². The average Bonchev–Trinajstić information content (AvgIpc) is 3.52. The molecule has 1 aliphatic heterocycles. The van der Waals surface area contributed by atoms with Gasteiger partial charge in [-0.2, -0.15) is 0 Å². The highest BCUT2D eigenvalue weighted by atomic mass is 32.2. The number of thiophene rings is 1. The lowest BCUT2D eigenvalue weighted by atomic mass is 10.0. The maximum Gasteiger partial charge on any atom is 0.233 e. The summed E-state index contributed by atoms with van der Waals surface area (Å²) < 4.78 is 1.82. The molecule has 30 heavy (non-hydrogen) atoms. The highest BCUT2D eigenvalue weighted by molar-refractivity contribution is 8.03. The Bertz CT molecular complexity index is 953. The first-order chi connectivity index (χ1) is 14.6. The smallest absolute Gasteiger partial charge is 0.233 e. The van der Waals surface area contributed by atoms with Crippen LogP contribution in [0, 0.1) is 0 Å². The van der Waals surface area contributed by atoms with Gasteiger partial charge in [0, 0.05) is 17.2 Å². The molecule has 0 radical (unpaired) electrons. The minimum Gasteiger partial charge on any atom is -0.334 e. The van der Waals surface area contributed by atoms with Crippen molar-refractivity contribution in [2.45, 2.75) is 53.1 Å². The van der Waals surface area contributed by atoms with Gasteiger partial charge in [0.2, 0.25) is 5.91 Å². The lowest BCUT2D eigenvalue weighted by molar-refractivity contribution is -0.129. The van der Waals surface area contributed by atoms with Crippen molar-refractivity contribution in [1.29, 1.82) is 0 Å². The van der Waals surface area contributed by atoms with Crippen molar-refractivity contribution in [2.24, 2.45) is 0 Å². The van der Waals surface area contributed by atoms with E-state index < -0.39 is 0 Å². The van der Waals surface area contributed by atoms with Crippen LogP contribution in [-0.2, 0) is 10.5 Å². The SMILES string of the molecule is CC(C)c1ccc(CSc2nnc(SCC(=O)N3CCCC3c3cccs3)s2)cc1. The zero-order valence-corrected chi connectivity index (χ0v) is 20.4. The fourth-order valence-electron chi connectivity index (χ4n) is 3.51. The fourth-order valence-corrected chi connectivity index (χ4v) is 7.24. The van der Waals surface area contributed by atoms with Crippen LogP contribution in [0.15, 0.2) is 50.5 Å². The number of hydrogen-bond donors (Lipinski definition) is 0. The number of hydrogen-bond acceptors (Lipinski definition) is 7. The Labute approximate surface area is 194 Å². The van der Waals surface area contributed by atoms with Gasteiger partial charge < -0.3 is 4.90 Å². The van der Waals surface area contributed by atoms with Gasteiger partial charge in [-0.3, -0.25) is 4.79 Å². The molecule has 1 aliphatic rings. The molecule has 2 aromatic heterocycles. The van der Waals surface area contributed by atoms with E-state index in [-0.39, 0.29) is 11.9 Å². The summed E-state index contributed by atoms with van der Waals surface area (Å²) in [5.74, 6) is 2.06.